The Kier molecular flexibility index (Phi) is 4.01. The highest BCUT2D eigenvalue weighted by Gasteiger charge is 2.48. The average molecular weight is 331 g/mol. The number of aromatic nitrogens is 3. The van der Waals surface area contributed by atoms with Gasteiger partial charge in [0.05, 0.1) is 12.6 Å². The van der Waals surface area contributed by atoms with Crippen LogP contribution in [0.5, 0.6) is 0 Å². The molecule has 3 aliphatic rings. The van der Waals surface area contributed by atoms with Gasteiger partial charge in [-0.25, -0.2) is 14.5 Å². The Bertz CT molecular complexity index is 617. The van der Waals surface area contributed by atoms with Gasteiger partial charge in [0.2, 0.25) is 0 Å². The van der Waals surface area contributed by atoms with Gasteiger partial charge in [0.1, 0.15) is 5.82 Å². The summed E-state index contributed by atoms with van der Waals surface area (Å²) < 4.78 is 1.98. The molecule has 6 heteroatoms. The van der Waals surface area contributed by atoms with Crippen molar-refractivity contribution < 1.29 is 4.79 Å². The fourth-order valence-corrected chi connectivity index (χ4v) is 4.68. The second kappa shape index (κ2) is 6.05. The van der Waals surface area contributed by atoms with Gasteiger partial charge in [-0.15, -0.1) is 0 Å². The van der Waals surface area contributed by atoms with Gasteiger partial charge >= 0.3 is 6.03 Å². The molecule has 2 saturated carbocycles. The van der Waals surface area contributed by atoms with Crippen LogP contribution in [0.4, 0.5) is 4.79 Å². The summed E-state index contributed by atoms with van der Waals surface area (Å²) in [6.07, 6.45) is 9.51. The maximum Gasteiger partial charge on any atom is 0.315 e. The number of aryl methyl sites for hydroxylation is 1. The molecule has 4 rings (SSSR count). The topological polar surface area (TPSA) is 71.8 Å². The summed E-state index contributed by atoms with van der Waals surface area (Å²) in [5, 5.41) is 11.0. The van der Waals surface area contributed by atoms with E-state index >= 15 is 0 Å². The molecule has 0 radical (unpaired) electrons. The summed E-state index contributed by atoms with van der Waals surface area (Å²) in [4.78, 5) is 17.0. The van der Waals surface area contributed by atoms with E-state index < -0.39 is 0 Å². The number of amides is 2. The van der Waals surface area contributed by atoms with E-state index in [0.29, 0.717) is 17.4 Å². The highest BCUT2D eigenvalue weighted by atomic mass is 16.2. The predicted octanol–water partition coefficient (Wildman–Crippen LogP) is 2.74. The molecule has 6 nitrogen and oxygen atoms in total. The molecule has 0 bridgehead atoms. The van der Waals surface area contributed by atoms with Crippen molar-refractivity contribution in [1.82, 2.24) is 25.4 Å². The summed E-state index contributed by atoms with van der Waals surface area (Å²) in [7, 11) is 0. The Hall–Kier alpha value is -1.59. The Labute approximate surface area is 143 Å². The summed E-state index contributed by atoms with van der Waals surface area (Å²) in [6, 6.07) is 0.542. The molecule has 2 aliphatic carbocycles. The minimum atomic E-state index is 0.00335. The van der Waals surface area contributed by atoms with Gasteiger partial charge < -0.3 is 10.6 Å². The maximum atomic E-state index is 12.4. The van der Waals surface area contributed by atoms with E-state index in [1.165, 1.54) is 32.1 Å². The van der Waals surface area contributed by atoms with Gasteiger partial charge in [0, 0.05) is 18.4 Å². The third-order valence-electron chi connectivity index (χ3n) is 6.30. The highest BCUT2D eigenvalue weighted by molar-refractivity contribution is 5.74. The third-order valence-corrected chi connectivity index (χ3v) is 6.30. The number of nitrogens with zero attached hydrogens (tertiary/aromatic N) is 3. The van der Waals surface area contributed by atoms with Crippen LogP contribution in [-0.2, 0) is 13.0 Å². The molecule has 1 spiro atoms. The summed E-state index contributed by atoms with van der Waals surface area (Å²) >= 11 is 0. The van der Waals surface area contributed by atoms with Gasteiger partial charge in [-0.1, -0.05) is 26.7 Å². The molecule has 2 amide bonds. The van der Waals surface area contributed by atoms with Crippen molar-refractivity contribution in [2.24, 2.45) is 5.41 Å². The largest absolute Gasteiger partial charge is 0.335 e. The number of carbonyl (C=O) groups excluding carboxylic acids is 1. The van der Waals surface area contributed by atoms with Crippen molar-refractivity contribution in [2.45, 2.75) is 89.8 Å². The first kappa shape index (κ1) is 15.9. The van der Waals surface area contributed by atoms with Crippen LogP contribution in [0.15, 0.2) is 0 Å². The molecule has 0 saturated heterocycles. The standard InChI is InChI=1S/C18H29N5O/c1-12(2)16-21-15-6-5-13(11-23(15)22-16)19-17(24)20-14-7-10-18(14)8-3-4-9-18/h12-14H,3-11H2,1-2H3,(H2,19,20,24). The molecule has 2 N–H and O–H groups in total. The number of hydrogen-bond acceptors (Lipinski definition) is 3. The molecule has 1 aromatic rings. The summed E-state index contributed by atoms with van der Waals surface area (Å²) in [6.45, 7) is 4.96. The molecule has 1 aliphatic heterocycles. The van der Waals surface area contributed by atoms with Crippen molar-refractivity contribution >= 4 is 6.03 Å². The first-order chi connectivity index (χ1) is 11.6. The Morgan fingerprint density at radius 3 is 2.67 bits per heavy atom. The number of fused-ring (bicyclic) bond motifs is 1. The number of carbonyl (C=O) groups is 1. The van der Waals surface area contributed by atoms with Gasteiger partial charge in [0.25, 0.3) is 0 Å². The maximum absolute atomic E-state index is 12.4. The van der Waals surface area contributed by atoms with Crippen LogP contribution >= 0.6 is 0 Å². The quantitative estimate of drug-likeness (QED) is 0.894. The van der Waals surface area contributed by atoms with Crippen LogP contribution in [0.25, 0.3) is 0 Å². The third kappa shape index (κ3) is 2.80. The SMILES string of the molecule is CC(C)c1nc2n(n1)CC(NC(=O)NC1CCC13CCCC3)CC2. The smallest absolute Gasteiger partial charge is 0.315 e. The van der Waals surface area contributed by atoms with E-state index in [1.807, 2.05) is 4.68 Å². The number of urea groups is 1. The zero-order valence-electron chi connectivity index (χ0n) is 14.8. The first-order valence-electron chi connectivity index (χ1n) is 9.56. The van der Waals surface area contributed by atoms with Crippen molar-refractivity contribution in [2.75, 3.05) is 0 Å². The lowest BCUT2D eigenvalue weighted by molar-refractivity contribution is 0.0786. The molecular formula is C18H29N5O. The van der Waals surface area contributed by atoms with Crippen LogP contribution in [-0.4, -0.2) is 32.9 Å². The van der Waals surface area contributed by atoms with Crippen molar-refractivity contribution in [3.05, 3.63) is 11.6 Å². The van der Waals surface area contributed by atoms with Gasteiger partial charge in [-0.2, -0.15) is 5.10 Å². The lowest BCUT2D eigenvalue weighted by Crippen LogP contribution is -2.57. The van der Waals surface area contributed by atoms with Crippen molar-refractivity contribution in [3.8, 4) is 0 Å². The lowest BCUT2D eigenvalue weighted by Gasteiger charge is -2.47. The van der Waals surface area contributed by atoms with E-state index in [1.54, 1.807) is 0 Å². The van der Waals surface area contributed by atoms with Gasteiger partial charge in [-0.3, -0.25) is 0 Å². The molecule has 132 valence electrons. The van der Waals surface area contributed by atoms with Crippen LogP contribution < -0.4 is 10.6 Å². The second-order valence-electron chi connectivity index (χ2n) is 8.24. The Morgan fingerprint density at radius 1 is 1.21 bits per heavy atom. The van der Waals surface area contributed by atoms with Gasteiger partial charge in [0.15, 0.2) is 5.82 Å². The van der Waals surface area contributed by atoms with Crippen LogP contribution in [0.1, 0.15) is 76.4 Å². The average Bonchev–Trinajstić information content (AvgIpc) is 3.19. The number of nitrogens with one attached hydrogen (secondary N) is 2. The van der Waals surface area contributed by atoms with Crippen molar-refractivity contribution in [1.29, 1.82) is 0 Å². The van der Waals surface area contributed by atoms with E-state index in [4.69, 9.17) is 0 Å². The normalized spacial score (nSPS) is 27.8. The Morgan fingerprint density at radius 2 is 2.00 bits per heavy atom. The minimum absolute atomic E-state index is 0.00335. The molecule has 24 heavy (non-hydrogen) atoms. The van der Waals surface area contributed by atoms with Crippen LogP contribution in [0, 0.1) is 5.41 Å². The van der Waals surface area contributed by atoms with Gasteiger partial charge in [-0.05, 0) is 37.5 Å². The van der Waals surface area contributed by atoms with Crippen molar-refractivity contribution in [3.63, 3.8) is 0 Å². The molecule has 1 aromatic heterocycles. The van der Waals surface area contributed by atoms with E-state index in [-0.39, 0.29) is 12.1 Å². The second-order valence-corrected chi connectivity index (χ2v) is 8.24. The summed E-state index contributed by atoms with van der Waals surface area (Å²) in [5.41, 5.74) is 0.426. The number of rotatable bonds is 3. The van der Waals surface area contributed by atoms with E-state index in [2.05, 4.69) is 34.6 Å². The number of hydrogen-bond donors (Lipinski definition) is 2. The van der Waals surface area contributed by atoms with E-state index in [9.17, 15) is 4.79 Å². The molecule has 2 atom stereocenters. The zero-order chi connectivity index (χ0) is 16.7. The first-order valence-corrected chi connectivity index (χ1v) is 9.56. The molecule has 2 unspecified atom stereocenters. The molecule has 0 aromatic carbocycles. The fraction of sp³-hybridized carbons (Fsp3) is 0.833. The Balaban J connectivity index is 1.32. The highest BCUT2D eigenvalue weighted by Crippen LogP contribution is 2.53. The lowest BCUT2D eigenvalue weighted by atomic mass is 9.63. The monoisotopic (exact) mass is 331 g/mol. The predicted molar refractivity (Wildman–Crippen MR) is 91.8 cm³/mol. The summed E-state index contributed by atoms with van der Waals surface area (Å²) in [5.74, 6) is 2.31. The zero-order valence-corrected chi connectivity index (χ0v) is 14.8. The molecule has 2 heterocycles. The minimum Gasteiger partial charge on any atom is -0.335 e. The molecular weight excluding hydrogens is 302 g/mol. The van der Waals surface area contributed by atoms with Crippen LogP contribution in [0.3, 0.4) is 0 Å². The van der Waals surface area contributed by atoms with E-state index in [0.717, 1.165) is 37.5 Å². The van der Waals surface area contributed by atoms with Crippen LogP contribution in [0.2, 0.25) is 0 Å². The fourth-order valence-electron chi connectivity index (χ4n) is 4.68. The molecule has 2 fully saturated rings.